The molecule has 35 heavy (non-hydrogen) atoms. The number of likely N-dealkylation sites (tertiary alicyclic amines) is 1. The van der Waals surface area contributed by atoms with E-state index < -0.39 is 11.7 Å². The van der Waals surface area contributed by atoms with Gasteiger partial charge >= 0.3 is 6.09 Å². The second kappa shape index (κ2) is 10.6. The maximum Gasteiger partial charge on any atom is 0.407 e. The molecule has 2 aliphatic rings. The Kier molecular flexibility index (Phi) is 7.56. The Balaban J connectivity index is 1.50. The maximum atomic E-state index is 13.5. The van der Waals surface area contributed by atoms with Crippen molar-refractivity contribution in [3.05, 3.63) is 59.7 Å². The lowest BCUT2D eigenvalue weighted by atomic mass is 9.97. The molecule has 1 aromatic carbocycles. The molecule has 1 aliphatic heterocycles. The minimum Gasteiger partial charge on any atom is -0.487 e. The molecule has 8 heteroatoms. The number of rotatable bonds is 5. The molecule has 0 bridgehead atoms. The van der Waals surface area contributed by atoms with Gasteiger partial charge in [0.15, 0.2) is 0 Å². The predicted molar refractivity (Wildman–Crippen MR) is 129 cm³/mol. The van der Waals surface area contributed by atoms with Crippen molar-refractivity contribution < 1.29 is 18.7 Å². The van der Waals surface area contributed by atoms with Crippen molar-refractivity contribution in [3.8, 4) is 11.8 Å². The van der Waals surface area contributed by atoms with Gasteiger partial charge in [-0.1, -0.05) is 12.1 Å². The summed E-state index contributed by atoms with van der Waals surface area (Å²) in [5.41, 5.74) is 0.996. The van der Waals surface area contributed by atoms with Gasteiger partial charge in [-0.3, -0.25) is 9.88 Å². The normalized spacial score (nSPS) is 25.0. The number of nitrogens with one attached hydrogen (secondary N) is 1. The Morgan fingerprint density at radius 1 is 1.23 bits per heavy atom. The first kappa shape index (κ1) is 24.9. The van der Waals surface area contributed by atoms with Gasteiger partial charge in [-0.05, 0) is 76.6 Å². The Hall–Kier alpha value is -3.18. The zero-order valence-corrected chi connectivity index (χ0v) is 20.5. The minimum atomic E-state index is -0.544. The summed E-state index contributed by atoms with van der Waals surface area (Å²) in [7, 11) is 0. The van der Waals surface area contributed by atoms with Gasteiger partial charge in [0.2, 0.25) is 0 Å². The quantitative estimate of drug-likeness (QED) is 0.663. The van der Waals surface area contributed by atoms with Crippen LogP contribution in [0.4, 0.5) is 9.18 Å². The summed E-state index contributed by atoms with van der Waals surface area (Å²) in [6.45, 7) is 7.17. The summed E-state index contributed by atoms with van der Waals surface area (Å²) in [5, 5.41) is 12.3. The number of hydrogen-bond acceptors (Lipinski definition) is 6. The molecule has 1 saturated heterocycles. The molecule has 186 valence electrons. The largest absolute Gasteiger partial charge is 0.487 e. The highest BCUT2D eigenvalue weighted by Gasteiger charge is 2.41. The number of amides is 1. The van der Waals surface area contributed by atoms with E-state index in [-0.39, 0.29) is 29.9 Å². The van der Waals surface area contributed by atoms with E-state index in [1.165, 1.54) is 18.3 Å². The average Bonchev–Trinajstić information content (AvgIpc) is 3.22. The van der Waals surface area contributed by atoms with Gasteiger partial charge in [0.25, 0.3) is 0 Å². The highest BCUT2D eigenvalue weighted by atomic mass is 19.1. The van der Waals surface area contributed by atoms with Crippen molar-refractivity contribution in [2.45, 2.75) is 76.2 Å². The Morgan fingerprint density at radius 2 is 2.00 bits per heavy atom. The van der Waals surface area contributed by atoms with Crippen LogP contribution < -0.4 is 10.1 Å². The second-order valence-corrected chi connectivity index (χ2v) is 10.4. The molecule has 1 saturated carbocycles. The van der Waals surface area contributed by atoms with Gasteiger partial charge in [0.1, 0.15) is 29.3 Å². The molecule has 1 aliphatic carbocycles. The van der Waals surface area contributed by atoms with Crippen LogP contribution in [-0.4, -0.2) is 52.9 Å². The van der Waals surface area contributed by atoms with Gasteiger partial charge in [-0.15, -0.1) is 0 Å². The molecule has 2 fully saturated rings. The van der Waals surface area contributed by atoms with Crippen LogP contribution in [0.2, 0.25) is 0 Å². The Bertz CT molecular complexity index is 1060. The molecule has 1 aromatic heterocycles. The molecule has 2 aromatic rings. The fourth-order valence-electron chi connectivity index (χ4n) is 5.11. The second-order valence-electron chi connectivity index (χ2n) is 10.4. The molecule has 3 unspecified atom stereocenters. The van der Waals surface area contributed by atoms with E-state index in [1.807, 2.05) is 32.9 Å². The molecule has 0 spiro atoms. The highest BCUT2D eigenvalue weighted by molar-refractivity contribution is 5.68. The van der Waals surface area contributed by atoms with Gasteiger partial charge in [-0.25, -0.2) is 9.18 Å². The van der Waals surface area contributed by atoms with Crippen LogP contribution in [0.25, 0.3) is 0 Å². The number of nitrogens with zero attached hydrogens (tertiary/aromatic N) is 3. The van der Waals surface area contributed by atoms with Gasteiger partial charge in [0.05, 0.1) is 11.8 Å². The van der Waals surface area contributed by atoms with E-state index in [0.29, 0.717) is 17.9 Å². The molecule has 1 N–H and O–H groups in total. The van der Waals surface area contributed by atoms with E-state index in [9.17, 15) is 14.4 Å². The molecule has 4 atom stereocenters. The first-order chi connectivity index (χ1) is 16.7. The van der Waals surface area contributed by atoms with Crippen LogP contribution in [0.3, 0.4) is 0 Å². The van der Waals surface area contributed by atoms with E-state index in [2.05, 4.69) is 21.3 Å². The van der Waals surface area contributed by atoms with Crippen LogP contribution in [0.1, 0.15) is 63.5 Å². The third kappa shape index (κ3) is 6.70. The van der Waals surface area contributed by atoms with Crippen LogP contribution in [0.5, 0.6) is 5.75 Å². The fraction of sp³-hybridized carbons (Fsp3) is 0.519. The lowest BCUT2D eigenvalue weighted by Crippen LogP contribution is -2.54. The maximum absolute atomic E-state index is 13.5. The van der Waals surface area contributed by atoms with Gasteiger partial charge in [0, 0.05) is 30.9 Å². The highest BCUT2D eigenvalue weighted by Crippen LogP contribution is 2.40. The number of aromatic nitrogens is 1. The van der Waals surface area contributed by atoms with Gasteiger partial charge < -0.3 is 14.8 Å². The molecule has 2 heterocycles. The monoisotopic (exact) mass is 480 g/mol. The lowest BCUT2D eigenvalue weighted by molar-refractivity contribution is 0.0389. The number of nitriles is 1. The Labute approximate surface area is 206 Å². The van der Waals surface area contributed by atoms with Crippen LogP contribution in [-0.2, 0) is 4.74 Å². The standard InChI is InChI=1S/C27H33FN4O3/c1-27(2,3)35-26(33)31-22-5-4-10-32(17-22)24-12-20(19-6-8-21(28)9-7-19)13-25(24)34-23-11-18(14-29)15-30-16-23/h6-9,11,15-16,20,22,24-25H,4-5,10,12-13,17H2,1-3H3,(H,31,33)/t20?,22-,24?,25?/m1/s1. The summed E-state index contributed by atoms with van der Waals surface area (Å²) in [6.07, 6.45) is 6.10. The van der Waals surface area contributed by atoms with Crippen LogP contribution in [0.15, 0.2) is 42.7 Å². The third-order valence-corrected chi connectivity index (χ3v) is 6.59. The topological polar surface area (TPSA) is 87.5 Å². The van der Waals surface area contributed by atoms with E-state index >= 15 is 0 Å². The summed E-state index contributed by atoms with van der Waals surface area (Å²) in [6, 6.07) is 10.6. The van der Waals surface area contributed by atoms with Crippen LogP contribution >= 0.6 is 0 Å². The van der Waals surface area contributed by atoms with Crippen molar-refractivity contribution in [3.63, 3.8) is 0 Å². The van der Waals surface area contributed by atoms with E-state index in [4.69, 9.17) is 9.47 Å². The predicted octanol–water partition coefficient (Wildman–Crippen LogP) is 4.78. The number of alkyl carbamates (subject to hydrolysis) is 1. The molecular weight excluding hydrogens is 447 g/mol. The third-order valence-electron chi connectivity index (χ3n) is 6.59. The summed E-state index contributed by atoms with van der Waals surface area (Å²) < 4.78 is 25.4. The van der Waals surface area contributed by atoms with E-state index in [0.717, 1.165) is 37.8 Å². The number of halogens is 1. The van der Waals surface area contributed by atoms with E-state index in [1.54, 1.807) is 12.3 Å². The number of carbonyl (C=O) groups is 1. The summed E-state index contributed by atoms with van der Waals surface area (Å²) in [5.74, 6) is 0.540. The molecule has 7 nitrogen and oxygen atoms in total. The summed E-state index contributed by atoms with van der Waals surface area (Å²) >= 11 is 0. The zero-order chi connectivity index (χ0) is 25.0. The number of hydrogen-bond donors (Lipinski definition) is 1. The number of carbonyl (C=O) groups excluding carboxylic acids is 1. The minimum absolute atomic E-state index is 0.00675. The molecular formula is C27H33FN4O3. The van der Waals surface area contributed by atoms with Gasteiger partial charge in [-0.2, -0.15) is 5.26 Å². The van der Waals surface area contributed by atoms with Crippen molar-refractivity contribution >= 4 is 6.09 Å². The number of pyridine rings is 1. The fourth-order valence-corrected chi connectivity index (χ4v) is 5.11. The molecule has 1 amide bonds. The van der Waals surface area contributed by atoms with Crippen molar-refractivity contribution in [2.24, 2.45) is 0 Å². The number of benzene rings is 1. The van der Waals surface area contributed by atoms with Crippen molar-refractivity contribution in [1.82, 2.24) is 15.2 Å². The lowest BCUT2D eigenvalue weighted by Gasteiger charge is -2.39. The first-order valence-corrected chi connectivity index (χ1v) is 12.2. The number of ether oxygens (including phenoxy) is 2. The Morgan fingerprint density at radius 3 is 2.71 bits per heavy atom. The number of piperidine rings is 1. The van der Waals surface area contributed by atoms with Crippen LogP contribution in [0, 0.1) is 17.1 Å². The van der Waals surface area contributed by atoms with Crippen molar-refractivity contribution in [1.29, 1.82) is 5.26 Å². The summed E-state index contributed by atoms with van der Waals surface area (Å²) in [4.78, 5) is 18.9. The average molecular weight is 481 g/mol. The smallest absolute Gasteiger partial charge is 0.407 e. The zero-order valence-electron chi connectivity index (χ0n) is 20.5. The molecule has 0 radical (unpaired) electrons. The molecule has 4 rings (SSSR count). The van der Waals surface area contributed by atoms with Crippen molar-refractivity contribution in [2.75, 3.05) is 13.1 Å². The SMILES string of the molecule is CC(C)(C)OC(=O)N[C@@H]1CCCN(C2CC(c3ccc(F)cc3)CC2Oc2cncc(C#N)c2)C1. The first-order valence-electron chi connectivity index (χ1n) is 12.2.